The number of esters is 1. The molecule has 158 valence electrons. The van der Waals surface area contributed by atoms with Gasteiger partial charge in [0.2, 0.25) is 11.8 Å². The summed E-state index contributed by atoms with van der Waals surface area (Å²) < 4.78 is 5.37. The second kappa shape index (κ2) is 11.0. The molecule has 28 heavy (non-hydrogen) atoms. The number of hydrogen-bond donors (Lipinski definition) is 1. The first kappa shape index (κ1) is 23.9. The zero-order valence-corrected chi connectivity index (χ0v) is 17.8. The Balaban J connectivity index is 2.71. The molecule has 2 amide bonds. The van der Waals surface area contributed by atoms with Gasteiger partial charge in [0.15, 0.2) is 0 Å². The summed E-state index contributed by atoms with van der Waals surface area (Å²) in [5.74, 6) is -1.10. The van der Waals surface area contributed by atoms with Gasteiger partial charge in [-0.05, 0) is 46.5 Å². The fourth-order valence-electron chi connectivity index (χ4n) is 3.38. The lowest BCUT2D eigenvalue weighted by Gasteiger charge is -2.29. The van der Waals surface area contributed by atoms with Crippen LogP contribution in [0.15, 0.2) is 25.3 Å². The van der Waals surface area contributed by atoms with Crippen LogP contribution in [0.2, 0.25) is 0 Å². The Morgan fingerprint density at radius 3 is 2.43 bits per heavy atom. The summed E-state index contributed by atoms with van der Waals surface area (Å²) in [6, 6.07) is -0.0432. The second-order valence-corrected chi connectivity index (χ2v) is 8.51. The minimum Gasteiger partial charge on any atom is -0.460 e. The van der Waals surface area contributed by atoms with Crippen molar-refractivity contribution in [1.82, 2.24) is 10.2 Å². The van der Waals surface area contributed by atoms with Gasteiger partial charge in [-0.3, -0.25) is 14.4 Å². The molecule has 0 aromatic heterocycles. The summed E-state index contributed by atoms with van der Waals surface area (Å²) in [4.78, 5) is 39.2. The normalized spacial score (nSPS) is 18.9. The van der Waals surface area contributed by atoms with Crippen LogP contribution in [0.5, 0.6) is 0 Å². The van der Waals surface area contributed by atoms with E-state index < -0.39 is 11.5 Å². The molecule has 1 fully saturated rings. The molecule has 0 bridgehead atoms. The van der Waals surface area contributed by atoms with Crippen LogP contribution < -0.4 is 5.32 Å². The van der Waals surface area contributed by atoms with Crippen LogP contribution in [0.3, 0.4) is 0 Å². The number of ether oxygens (including phenoxy) is 1. The number of rotatable bonds is 10. The maximum Gasteiger partial charge on any atom is 0.307 e. The van der Waals surface area contributed by atoms with E-state index in [1.165, 1.54) is 0 Å². The van der Waals surface area contributed by atoms with Crippen molar-refractivity contribution in [2.75, 3.05) is 13.1 Å². The molecule has 6 heteroatoms. The number of amides is 2. The van der Waals surface area contributed by atoms with Crippen LogP contribution in [-0.4, -0.2) is 47.4 Å². The first-order valence-corrected chi connectivity index (χ1v) is 10.1. The SMILES string of the molecule is C=CC[C@@H](CC(=O)OC(C)(C)C)C(=O)N1CCC[C@H]1CNC(=O)[C@@H](C)CC=C. The van der Waals surface area contributed by atoms with E-state index in [0.29, 0.717) is 25.9 Å². The molecule has 0 radical (unpaired) electrons. The zero-order valence-electron chi connectivity index (χ0n) is 17.8. The number of hydrogen-bond acceptors (Lipinski definition) is 4. The third-order valence-corrected chi connectivity index (χ3v) is 4.77. The Morgan fingerprint density at radius 1 is 1.21 bits per heavy atom. The standard InChI is InChI=1S/C22H36N2O4/c1-7-10-16(3)20(26)23-15-18-12-9-13-24(18)21(27)17(11-8-2)14-19(25)28-22(4,5)6/h7-8,16-18H,1-2,9-15H2,3-6H3,(H,23,26)/t16-,17-,18-/m0/s1. The largest absolute Gasteiger partial charge is 0.460 e. The monoisotopic (exact) mass is 392 g/mol. The first-order chi connectivity index (χ1) is 13.1. The van der Waals surface area contributed by atoms with E-state index in [2.05, 4.69) is 18.5 Å². The molecule has 1 saturated heterocycles. The summed E-state index contributed by atoms with van der Waals surface area (Å²) in [5.41, 5.74) is -0.582. The molecule has 1 rings (SSSR count). The van der Waals surface area contributed by atoms with Crippen LogP contribution in [0.25, 0.3) is 0 Å². The van der Waals surface area contributed by atoms with E-state index >= 15 is 0 Å². The van der Waals surface area contributed by atoms with Gasteiger partial charge in [0.1, 0.15) is 5.60 Å². The fraction of sp³-hybridized carbons (Fsp3) is 0.682. The zero-order chi connectivity index (χ0) is 21.3. The molecule has 0 aromatic carbocycles. The quantitative estimate of drug-likeness (QED) is 0.457. The third kappa shape index (κ3) is 7.87. The van der Waals surface area contributed by atoms with Crippen LogP contribution in [0.1, 0.15) is 59.8 Å². The van der Waals surface area contributed by atoms with Gasteiger partial charge >= 0.3 is 5.97 Å². The Kier molecular flexibility index (Phi) is 9.42. The van der Waals surface area contributed by atoms with Crippen LogP contribution in [0, 0.1) is 11.8 Å². The second-order valence-electron chi connectivity index (χ2n) is 8.51. The summed E-state index contributed by atoms with van der Waals surface area (Å²) >= 11 is 0. The lowest BCUT2D eigenvalue weighted by Crippen LogP contribution is -2.46. The molecule has 1 heterocycles. The molecule has 3 atom stereocenters. The highest BCUT2D eigenvalue weighted by atomic mass is 16.6. The van der Waals surface area contributed by atoms with E-state index in [4.69, 9.17) is 4.74 Å². The van der Waals surface area contributed by atoms with Gasteiger partial charge < -0.3 is 15.0 Å². The molecular formula is C22H36N2O4. The minimum absolute atomic E-state index is 0.0319. The van der Waals surface area contributed by atoms with Crippen molar-refractivity contribution >= 4 is 17.8 Å². The lowest BCUT2D eigenvalue weighted by molar-refractivity contribution is -0.158. The lowest BCUT2D eigenvalue weighted by atomic mass is 9.98. The number of nitrogens with one attached hydrogen (secondary N) is 1. The molecule has 0 saturated carbocycles. The number of nitrogens with zero attached hydrogens (tertiary/aromatic N) is 1. The van der Waals surface area contributed by atoms with Crippen LogP contribution in [0.4, 0.5) is 0 Å². The predicted octanol–water partition coefficient (Wildman–Crippen LogP) is 3.23. The van der Waals surface area contributed by atoms with Gasteiger partial charge in [-0.1, -0.05) is 19.1 Å². The average molecular weight is 393 g/mol. The average Bonchev–Trinajstić information content (AvgIpc) is 3.05. The molecule has 1 aliphatic heterocycles. The maximum atomic E-state index is 13.1. The molecule has 0 spiro atoms. The van der Waals surface area contributed by atoms with Gasteiger partial charge in [0.05, 0.1) is 12.3 Å². The Labute approximate surface area is 169 Å². The molecule has 0 aliphatic carbocycles. The third-order valence-electron chi connectivity index (χ3n) is 4.77. The summed E-state index contributed by atoms with van der Waals surface area (Å²) in [5, 5.41) is 2.94. The van der Waals surface area contributed by atoms with Crippen molar-refractivity contribution in [2.45, 2.75) is 71.4 Å². The molecular weight excluding hydrogens is 356 g/mol. The smallest absolute Gasteiger partial charge is 0.307 e. The Hall–Kier alpha value is -2.11. The van der Waals surface area contributed by atoms with Gasteiger partial charge in [-0.15, -0.1) is 13.2 Å². The molecule has 6 nitrogen and oxygen atoms in total. The highest BCUT2D eigenvalue weighted by Gasteiger charge is 2.34. The topological polar surface area (TPSA) is 75.7 Å². The molecule has 0 unspecified atom stereocenters. The minimum atomic E-state index is -0.582. The van der Waals surface area contributed by atoms with Gasteiger partial charge in [-0.2, -0.15) is 0 Å². The van der Waals surface area contributed by atoms with E-state index in [0.717, 1.165) is 12.8 Å². The van der Waals surface area contributed by atoms with Crippen molar-refractivity contribution in [2.24, 2.45) is 11.8 Å². The first-order valence-electron chi connectivity index (χ1n) is 10.1. The highest BCUT2D eigenvalue weighted by Crippen LogP contribution is 2.24. The van der Waals surface area contributed by atoms with Crippen molar-refractivity contribution < 1.29 is 19.1 Å². The van der Waals surface area contributed by atoms with E-state index in [1.807, 2.05) is 27.7 Å². The molecule has 1 N–H and O–H groups in total. The van der Waals surface area contributed by atoms with Gasteiger partial charge in [0, 0.05) is 25.0 Å². The van der Waals surface area contributed by atoms with Crippen molar-refractivity contribution in [3.63, 3.8) is 0 Å². The molecule has 0 aromatic rings. The number of likely N-dealkylation sites (tertiary alicyclic amines) is 1. The van der Waals surface area contributed by atoms with Crippen LogP contribution in [-0.2, 0) is 19.1 Å². The van der Waals surface area contributed by atoms with Crippen molar-refractivity contribution in [3.05, 3.63) is 25.3 Å². The number of allylic oxidation sites excluding steroid dienone is 2. The highest BCUT2D eigenvalue weighted by molar-refractivity contribution is 5.84. The predicted molar refractivity (Wildman–Crippen MR) is 110 cm³/mol. The summed E-state index contributed by atoms with van der Waals surface area (Å²) in [6.07, 6.45) is 6.20. The Bertz CT molecular complexity index is 580. The summed E-state index contributed by atoms with van der Waals surface area (Å²) in [7, 11) is 0. The Morgan fingerprint density at radius 2 is 1.86 bits per heavy atom. The van der Waals surface area contributed by atoms with Crippen molar-refractivity contribution in [1.29, 1.82) is 0 Å². The van der Waals surface area contributed by atoms with E-state index in [9.17, 15) is 14.4 Å². The van der Waals surface area contributed by atoms with Gasteiger partial charge in [-0.25, -0.2) is 0 Å². The van der Waals surface area contributed by atoms with E-state index in [1.54, 1.807) is 17.1 Å². The van der Waals surface area contributed by atoms with Crippen molar-refractivity contribution in [3.8, 4) is 0 Å². The maximum absolute atomic E-state index is 13.1. The molecule has 1 aliphatic rings. The fourth-order valence-corrected chi connectivity index (χ4v) is 3.38. The van der Waals surface area contributed by atoms with E-state index in [-0.39, 0.29) is 36.2 Å². The number of carbonyl (C=O) groups excluding carboxylic acids is 3. The van der Waals surface area contributed by atoms with Crippen LogP contribution >= 0.6 is 0 Å². The van der Waals surface area contributed by atoms with Gasteiger partial charge in [0.25, 0.3) is 0 Å². The number of carbonyl (C=O) groups is 3. The summed E-state index contributed by atoms with van der Waals surface area (Å²) in [6.45, 7) is 15.7.